The summed E-state index contributed by atoms with van der Waals surface area (Å²) in [4.78, 5) is 19.6. The number of nitrogens with zero attached hydrogens (tertiary/aromatic N) is 3. The highest BCUT2D eigenvalue weighted by Gasteiger charge is 2.36. The molecule has 2 heterocycles. The highest BCUT2D eigenvalue weighted by molar-refractivity contribution is 6.30. The van der Waals surface area contributed by atoms with E-state index in [-0.39, 0.29) is 11.9 Å². The van der Waals surface area contributed by atoms with Crippen molar-refractivity contribution in [2.45, 2.75) is 18.9 Å². The summed E-state index contributed by atoms with van der Waals surface area (Å²) in [6, 6.07) is 14.7. The molecule has 142 valence electrons. The van der Waals surface area contributed by atoms with Crippen LogP contribution in [0, 0.1) is 0 Å². The second kappa shape index (κ2) is 7.63. The molecule has 2 aromatic carbocycles. The maximum atomic E-state index is 13.1. The average molecular weight is 384 g/mol. The summed E-state index contributed by atoms with van der Waals surface area (Å²) in [5.74, 6) is 0.180. The molecule has 1 unspecified atom stereocenters. The second-order valence-electron chi connectivity index (χ2n) is 7.73. The lowest BCUT2D eigenvalue weighted by Gasteiger charge is -2.36. The zero-order valence-electron chi connectivity index (χ0n) is 16.0. The van der Waals surface area contributed by atoms with E-state index in [1.165, 1.54) is 11.1 Å². The number of carbonyl (C=O) groups is 1. The molecule has 0 aromatic heterocycles. The van der Waals surface area contributed by atoms with Gasteiger partial charge >= 0.3 is 0 Å². The van der Waals surface area contributed by atoms with Gasteiger partial charge in [0.05, 0.1) is 12.6 Å². The molecule has 2 aliphatic rings. The van der Waals surface area contributed by atoms with Gasteiger partial charge in [-0.3, -0.25) is 9.69 Å². The minimum atomic E-state index is 0.0893. The Morgan fingerprint density at radius 3 is 2.78 bits per heavy atom. The van der Waals surface area contributed by atoms with Crippen molar-refractivity contribution in [1.82, 2.24) is 9.80 Å². The Labute approximate surface area is 166 Å². The largest absolute Gasteiger partial charge is 0.311 e. The molecular formula is C22H26ClN3O. The number of amides is 1. The molecule has 1 amide bonds. The first kappa shape index (κ1) is 18.5. The summed E-state index contributed by atoms with van der Waals surface area (Å²) in [6.07, 6.45) is 1.93. The Morgan fingerprint density at radius 2 is 1.96 bits per heavy atom. The van der Waals surface area contributed by atoms with E-state index in [0.717, 1.165) is 48.7 Å². The zero-order chi connectivity index (χ0) is 19.0. The minimum absolute atomic E-state index is 0.0893. The van der Waals surface area contributed by atoms with Crippen LogP contribution < -0.4 is 4.90 Å². The summed E-state index contributed by atoms with van der Waals surface area (Å²) in [5, 5.41) is 0.722. The van der Waals surface area contributed by atoms with E-state index < -0.39 is 0 Å². The van der Waals surface area contributed by atoms with E-state index in [0.29, 0.717) is 6.54 Å². The Balaban J connectivity index is 1.78. The molecule has 4 nitrogen and oxygen atoms in total. The number of rotatable bonds is 4. The number of carbonyl (C=O) groups excluding carboxylic acids is 1. The third kappa shape index (κ3) is 3.62. The number of fused-ring (bicyclic) bond motifs is 5. The summed E-state index contributed by atoms with van der Waals surface area (Å²) in [5.41, 5.74) is 4.83. The predicted octanol–water partition coefficient (Wildman–Crippen LogP) is 3.59. The monoisotopic (exact) mass is 383 g/mol. The van der Waals surface area contributed by atoms with Crippen LogP contribution in [0.1, 0.15) is 29.2 Å². The van der Waals surface area contributed by atoms with Crippen LogP contribution in [-0.2, 0) is 11.2 Å². The molecule has 27 heavy (non-hydrogen) atoms. The highest BCUT2D eigenvalue weighted by atomic mass is 35.5. The standard InChI is InChI=1S/C22H26ClN3O/c1-24(2)11-5-12-26-20-9-8-17(23)14-19(20)22-18-7-4-3-6-16(18)10-13-25(22)15-21(26)27/h3-4,6-9,14,22H,5,10-13,15H2,1-2H3. The van der Waals surface area contributed by atoms with Crippen molar-refractivity contribution >= 4 is 23.2 Å². The van der Waals surface area contributed by atoms with Gasteiger partial charge in [0.25, 0.3) is 0 Å². The van der Waals surface area contributed by atoms with Gasteiger partial charge in [-0.2, -0.15) is 0 Å². The van der Waals surface area contributed by atoms with Crippen LogP contribution in [0.5, 0.6) is 0 Å². The number of halogens is 1. The molecule has 4 rings (SSSR count). The van der Waals surface area contributed by atoms with Crippen LogP contribution >= 0.6 is 11.6 Å². The van der Waals surface area contributed by atoms with E-state index in [1.807, 2.05) is 23.1 Å². The molecule has 2 aliphatic heterocycles. The van der Waals surface area contributed by atoms with Gasteiger partial charge in [0.15, 0.2) is 0 Å². The fourth-order valence-corrected chi connectivity index (χ4v) is 4.51. The van der Waals surface area contributed by atoms with Gasteiger partial charge in [0.2, 0.25) is 5.91 Å². The van der Waals surface area contributed by atoms with E-state index in [9.17, 15) is 4.79 Å². The normalized spacial score (nSPS) is 19.5. The third-order valence-corrected chi connectivity index (χ3v) is 5.82. The molecule has 0 fully saturated rings. The van der Waals surface area contributed by atoms with Crippen LogP contribution in [0.3, 0.4) is 0 Å². The van der Waals surface area contributed by atoms with Gasteiger partial charge in [-0.25, -0.2) is 0 Å². The van der Waals surface area contributed by atoms with E-state index >= 15 is 0 Å². The second-order valence-corrected chi connectivity index (χ2v) is 8.16. The molecule has 0 radical (unpaired) electrons. The molecule has 2 aromatic rings. The third-order valence-electron chi connectivity index (χ3n) is 5.58. The number of anilines is 1. The van der Waals surface area contributed by atoms with E-state index in [4.69, 9.17) is 11.6 Å². The molecule has 0 aliphatic carbocycles. The van der Waals surface area contributed by atoms with Gasteiger partial charge in [-0.05, 0) is 68.4 Å². The molecule has 0 saturated heterocycles. The highest BCUT2D eigenvalue weighted by Crippen LogP contribution is 2.42. The first-order valence-corrected chi connectivity index (χ1v) is 9.99. The lowest BCUT2D eigenvalue weighted by Crippen LogP contribution is -2.42. The van der Waals surface area contributed by atoms with Crippen LogP contribution in [0.2, 0.25) is 5.02 Å². The first-order valence-electron chi connectivity index (χ1n) is 9.61. The van der Waals surface area contributed by atoms with Crippen molar-refractivity contribution in [2.24, 2.45) is 0 Å². The van der Waals surface area contributed by atoms with Crippen molar-refractivity contribution in [1.29, 1.82) is 0 Å². The summed E-state index contributed by atoms with van der Waals surface area (Å²) >= 11 is 6.39. The average Bonchev–Trinajstić information content (AvgIpc) is 2.76. The molecule has 0 bridgehead atoms. The van der Waals surface area contributed by atoms with Crippen molar-refractivity contribution in [2.75, 3.05) is 45.2 Å². The maximum Gasteiger partial charge on any atom is 0.241 e. The van der Waals surface area contributed by atoms with Crippen LogP contribution in [0.25, 0.3) is 0 Å². The lowest BCUT2D eigenvalue weighted by molar-refractivity contribution is -0.119. The van der Waals surface area contributed by atoms with Crippen molar-refractivity contribution in [3.05, 3.63) is 64.2 Å². The first-order chi connectivity index (χ1) is 13.0. The number of benzene rings is 2. The fourth-order valence-electron chi connectivity index (χ4n) is 4.33. The fraction of sp³-hybridized carbons (Fsp3) is 0.409. The molecule has 1 atom stereocenters. The Kier molecular flexibility index (Phi) is 5.22. The number of hydrogen-bond donors (Lipinski definition) is 0. The van der Waals surface area contributed by atoms with Gasteiger partial charge < -0.3 is 9.80 Å². The van der Waals surface area contributed by atoms with Gasteiger partial charge in [0.1, 0.15) is 0 Å². The van der Waals surface area contributed by atoms with Crippen LogP contribution in [-0.4, -0.2) is 56.0 Å². The minimum Gasteiger partial charge on any atom is -0.311 e. The molecular weight excluding hydrogens is 358 g/mol. The molecule has 0 N–H and O–H groups in total. The zero-order valence-corrected chi connectivity index (χ0v) is 16.7. The summed E-state index contributed by atoms with van der Waals surface area (Å²) in [7, 11) is 4.13. The Bertz CT molecular complexity index is 851. The summed E-state index contributed by atoms with van der Waals surface area (Å²) < 4.78 is 0. The van der Waals surface area contributed by atoms with Crippen LogP contribution in [0.4, 0.5) is 5.69 Å². The topological polar surface area (TPSA) is 26.8 Å². The van der Waals surface area contributed by atoms with Gasteiger partial charge in [-0.1, -0.05) is 35.9 Å². The molecule has 0 saturated carbocycles. The summed E-state index contributed by atoms with van der Waals surface area (Å²) in [6.45, 7) is 3.04. The molecule has 5 heteroatoms. The Morgan fingerprint density at radius 1 is 1.15 bits per heavy atom. The SMILES string of the molecule is CN(C)CCCN1C(=O)CN2CCc3ccccc3C2c2cc(Cl)ccc21. The molecule has 0 spiro atoms. The smallest absolute Gasteiger partial charge is 0.241 e. The van der Waals surface area contributed by atoms with Gasteiger partial charge in [0, 0.05) is 23.8 Å². The van der Waals surface area contributed by atoms with E-state index in [1.54, 1.807) is 0 Å². The van der Waals surface area contributed by atoms with Crippen molar-refractivity contribution in [3.8, 4) is 0 Å². The quantitative estimate of drug-likeness (QED) is 0.807. The van der Waals surface area contributed by atoms with Crippen molar-refractivity contribution in [3.63, 3.8) is 0 Å². The lowest BCUT2D eigenvalue weighted by atomic mass is 9.88. The van der Waals surface area contributed by atoms with Gasteiger partial charge in [-0.15, -0.1) is 0 Å². The van der Waals surface area contributed by atoms with Crippen LogP contribution in [0.15, 0.2) is 42.5 Å². The number of hydrogen-bond acceptors (Lipinski definition) is 3. The predicted molar refractivity (Wildman–Crippen MR) is 111 cm³/mol. The maximum absolute atomic E-state index is 13.1. The van der Waals surface area contributed by atoms with Crippen molar-refractivity contribution < 1.29 is 4.79 Å². The van der Waals surface area contributed by atoms with E-state index in [2.05, 4.69) is 48.2 Å². The Hall–Kier alpha value is -1.88.